The number of benzene rings is 1. The zero-order chi connectivity index (χ0) is 26.0. The highest BCUT2D eigenvalue weighted by molar-refractivity contribution is 7.92. The molecule has 0 saturated carbocycles. The van der Waals surface area contributed by atoms with Gasteiger partial charge in [-0.2, -0.15) is 15.0 Å². The van der Waals surface area contributed by atoms with Crippen LogP contribution in [0.2, 0.25) is 0 Å². The Bertz CT molecular complexity index is 1420. The lowest BCUT2D eigenvalue weighted by Gasteiger charge is -2.28. The highest BCUT2D eigenvalue weighted by Crippen LogP contribution is 2.38. The molecule has 188 valence electrons. The number of nitrogens with zero attached hydrogens (tertiary/aromatic N) is 6. The smallest absolute Gasteiger partial charge is 0.301 e. The Balaban J connectivity index is 1.80. The number of phosphoric acid groups is 1. The van der Waals surface area contributed by atoms with Gasteiger partial charge < -0.3 is 9.79 Å². The first-order valence-corrected chi connectivity index (χ1v) is 13.2. The third-order valence-electron chi connectivity index (χ3n) is 5.15. The Morgan fingerprint density at radius 1 is 1.20 bits per heavy atom. The number of aromatic nitrogens is 5. The summed E-state index contributed by atoms with van der Waals surface area (Å²) in [5, 5.41) is 16.8. The molecule has 35 heavy (non-hydrogen) atoms. The van der Waals surface area contributed by atoms with E-state index < -0.39 is 45.5 Å². The molecule has 1 atom stereocenters. The number of hydrogen-bond acceptors (Lipinski definition) is 10. The first-order chi connectivity index (χ1) is 16.2. The predicted octanol–water partition coefficient (Wildman–Crippen LogP) is -0.0735. The molecule has 0 aliphatic heterocycles. The van der Waals surface area contributed by atoms with Crippen LogP contribution in [0.15, 0.2) is 53.8 Å². The average Bonchev–Trinajstić information content (AvgIpc) is 3.30. The van der Waals surface area contributed by atoms with Gasteiger partial charge in [-0.05, 0) is 25.5 Å². The van der Waals surface area contributed by atoms with E-state index in [0.29, 0.717) is 23.2 Å². The minimum Gasteiger partial charge on any atom is -0.301 e. The van der Waals surface area contributed by atoms with Crippen molar-refractivity contribution in [1.82, 2.24) is 29.8 Å². The Hall–Kier alpha value is -3.27. The van der Waals surface area contributed by atoms with Gasteiger partial charge in [0.15, 0.2) is 14.6 Å². The van der Waals surface area contributed by atoms with Gasteiger partial charge in [-0.15, -0.1) is 4.62 Å². The topological polar surface area (TPSA) is 207 Å². The SMILES string of the molecule is C[C@@](CCn1cnc(-c2ccc(-n3nccn3)cc2)cc1=O)(C(=O)N(O)OP(=O)(O)O)S(C)(=O)=O. The molecule has 2 aromatic heterocycles. The van der Waals surface area contributed by atoms with E-state index in [2.05, 4.69) is 19.8 Å². The summed E-state index contributed by atoms with van der Waals surface area (Å²) in [5.41, 5.74) is 1.09. The zero-order valence-corrected chi connectivity index (χ0v) is 20.1. The van der Waals surface area contributed by atoms with Crippen molar-refractivity contribution in [1.29, 1.82) is 0 Å². The van der Waals surface area contributed by atoms with E-state index in [-0.39, 0.29) is 6.54 Å². The van der Waals surface area contributed by atoms with Gasteiger partial charge in [0.1, 0.15) is 0 Å². The van der Waals surface area contributed by atoms with Crippen molar-refractivity contribution in [3.63, 3.8) is 0 Å². The van der Waals surface area contributed by atoms with Crippen LogP contribution in [0.4, 0.5) is 0 Å². The first-order valence-electron chi connectivity index (χ1n) is 9.73. The standard InChI is InChI=1S/C18H21N6O9PS/c1-18(35(2,31)32,17(26)24(27)33-34(28,29)30)7-10-22-12-19-15(11-16(22)25)13-3-5-14(6-4-13)23-20-8-9-21-23/h3-6,8-9,11-12,27H,7,10H2,1-2H3,(H2,28,29,30)/t18-/m1/s1. The second-order valence-corrected chi connectivity index (χ2v) is 11.2. The molecule has 0 bridgehead atoms. The fourth-order valence-corrected chi connectivity index (χ4v) is 4.12. The van der Waals surface area contributed by atoms with Gasteiger partial charge in [0.25, 0.3) is 11.5 Å². The van der Waals surface area contributed by atoms with Crippen molar-refractivity contribution in [2.45, 2.75) is 24.6 Å². The Kier molecular flexibility index (Phi) is 7.35. The van der Waals surface area contributed by atoms with Gasteiger partial charge in [-0.3, -0.25) is 19.4 Å². The summed E-state index contributed by atoms with van der Waals surface area (Å²) in [6.07, 6.45) is 4.37. The highest BCUT2D eigenvalue weighted by atomic mass is 32.2. The van der Waals surface area contributed by atoms with Crippen LogP contribution in [0.25, 0.3) is 16.9 Å². The maximum absolute atomic E-state index is 12.6. The molecule has 3 aromatic rings. The van der Waals surface area contributed by atoms with Crippen LogP contribution < -0.4 is 5.56 Å². The van der Waals surface area contributed by atoms with E-state index >= 15 is 0 Å². The van der Waals surface area contributed by atoms with E-state index in [9.17, 15) is 27.8 Å². The number of aryl methyl sites for hydroxylation is 1. The molecular formula is C18H21N6O9PS. The third-order valence-corrected chi connectivity index (χ3v) is 7.53. The van der Waals surface area contributed by atoms with Gasteiger partial charge in [-0.25, -0.2) is 18.0 Å². The lowest BCUT2D eigenvalue weighted by molar-refractivity contribution is -0.274. The quantitative estimate of drug-likeness (QED) is 0.189. The summed E-state index contributed by atoms with van der Waals surface area (Å²) in [7, 11) is -9.60. The summed E-state index contributed by atoms with van der Waals surface area (Å²) < 4.78 is 37.9. The molecular weight excluding hydrogens is 507 g/mol. The first kappa shape index (κ1) is 26.3. The summed E-state index contributed by atoms with van der Waals surface area (Å²) in [6, 6.07) is 8.09. The van der Waals surface area contributed by atoms with Crippen molar-refractivity contribution in [3.8, 4) is 16.9 Å². The molecule has 0 fully saturated rings. The van der Waals surface area contributed by atoms with E-state index in [0.717, 1.165) is 17.8 Å². The van der Waals surface area contributed by atoms with Crippen LogP contribution in [0, 0.1) is 0 Å². The summed E-state index contributed by atoms with van der Waals surface area (Å²) >= 11 is 0. The number of carbonyl (C=O) groups is 1. The maximum Gasteiger partial charge on any atom is 0.493 e. The lowest BCUT2D eigenvalue weighted by Crippen LogP contribution is -2.51. The number of hydrogen-bond donors (Lipinski definition) is 3. The third kappa shape index (κ3) is 6.05. The van der Waals surface area contributed by atoms with Gasteiger partial charge in [0.05, 0.1) is 30.1 Å². The van der Waals surface area contributed by atoms with Crippen LogP contribution in [0.5, 0.6) is 0 Å². The molecule has 0 spiro atoms. The summed E-state index contributed by atoms with van der Waals surface area (Å²) in [6.45, 7) is 0.606. The lowest BCUT2D eigenvalue weighted by atomic mass is 10.1. The Labute approximate surface area is 198 Å². The minimum atomic E-state index is -5.35. The van der Waals surface area contributed by atoms with Crippen LogP contribution >= 0.6 is 7.82 Å². The molecule has 15 nitrogen and oxygen atoms in total. The summed E-state index contributed by atoms with van der Waals surface area (Å²) in [5.74, 6) is -1.65. The molecule has 0 unspecified atom stereocenters. The monoisotopic (exact) mass is 528 g/mol. The second-order valence-electron chi connectivity index (χ2n) is 7.57. The van der Waals surface area contributed by atoms with Gasteiger partial charge >= 0.3 is 7.82 Å². The molecule has 17 heteroatoms. The van der Waals surface area contributed by atoms with Gasteiger partial charge in [0, 0.05) is 24.4 Å². The molecule has 0 aliphatic carbocycles. The van der Waals surface area contributed by atoms with Crippen molar-refractivity contribution in [3.05, 3.63) is 59.4 Å². The van der Waals surface area contributed by atoms with E-state index in [1.165, 1.54) is 23.3 Å². The largest absolute Gasteiger partial charge is 0.493 e. The highest BCUT2D eigenvalue weighted by Gasteiger charge is 2.47. The average molecular weight is 528 g/mol. The number of rotatable bonds is 9. The molecule has 1 aromatic carbocycles. The Morgan fingerprint density at radius 3 is 2.31 bits per heavy atom. The van der Waals surface area contributed by atoms with Crippen LogP contribution in [0.3, 0.4) is 0 Å². The normalized spacial score (nSPS) is 13.9. The molecule has 3 rings (SSSR count). The van der Waals surface area contributed by atoms with Crippen molar-refractivity contribution < 1.29 is 37.4 Å². The fourth-order valence-electron chi connectivity index (χ4n) is 2.99. The minimum absolute atomic E-state index is 0.324. The fraction of sp³-hybridized carbons (Fsp3) is 0.278. The molecule has 3 N–H and O–H groups in total. The van der Waals surface area contributed by atoms with Gasteiger partial charge in [-0.1, -0.05) is 17.4 Å². The number of sulfone groups is 1. The molecule has 0 saturated heterocycles. The van der Waals surface area contributed by atoms with E-state index in [1.807, 2.05) is 0 Å². The molecule has 1 amide bonds. The van der Waals surface area contributed by atoms with Crippen molar-refractivity contribution in [2.75, 3.05) is 6.26 Å². The van der Waals surface area contributed by atoms with E-state index in [4.69, 9.17) is 9.79 Å². The molecule has 0 radical (unpaired) electrons. The zero-order valence-electron chi connectivity index (χ0n) is 18.4. The second kappa shape index (κ2) is 9.77. The number of amides is 1. The Morgan fingerprint density at radius 2 is 1.80 bits per heavy atom. The maximum atomic E-state index is 12.6. The predicted molar refractivity (Wildman–Crippen MR) is 118 cm³/mol. The molecule has 2 heterocycles. The van der Waals surface area contributed by atoms with E-state index in [1.54, 1.807) is 24.3 Å². The van der Waals surface area contributed by atoms with Crippen LogP contribution in [-0.2, 0) is 30.4 Å². The number of hydroxylamine groups is 2. The van der Waals surface area contributed by atoms with Crippen molar-refractivity contribution >= 4 is 23.6 Å². The van der Waals surface area contributed by atoms with Crippen molar-refractivity contribution in [2.24, 2.45) is 0 Å². The number of carbonyl (C=O) groups excluding carboxylic acids is 1. The van der Waals surface area contributed by atoms with Gasteiger partial charge in [0.2, 0.25) is 0 Å². The molecule has 0 aliphatic rings. The van der Waals surface area contributed by atoms with Crippen LogP contribution in [0.1, 0.15) is 13.3 Å². The van der Waals surface area contributed by atoms with Crippen LogP contribution in [-0.4, -0.2) is 70.1 Å². The summed E-state index contributed by atoms with van der Waals surface area (Å²) in [4.78, 5) is 48.2.